The van der Waals surface area contributed by atoms with E-state index < -0.39 is 0 Å². The van der Waals surface area contributed by atoms with Gasteiger partial charge in [-0.15, -0.1) is 11.3 Å². The van der Waals surface area contributed by atoms with Crippen LogP contribution in [0.1, 0.15) is 17.5 Å². The van der Waals surface area contributed by atoms with Gasteiger partial charge >= 0.3 is 0 Å². The van der Waals surface area contributed by atoms with Crippen LogP contribution in [0.3, 0.4) is 0 Å². The normalized spacial score (nSPS) is 12.3. The van der Waals surface area contributed by atoms with E-state index >= 15 is 0 Å². The fourth-order valence-electron chi connectivity index (χ4n) is 6.85. The Morgan fingerprint density at radius 3 is 2.33 bits per heavy atom. The number of hydrogen-bond donors (Lipinski definition) is 0. The first kappa shape index (κ1) is 26.8. The zero-order chi connectivity index (χ0) is 30.5. The van der Waals surface area contributed by atoms with Crippen molar-refractivity contribution < 1.29 is 4.42 Å². The molecule has 6 aromatic carbocycles. The lowest BCUT2D eigenvalue weighted by atomic mass is 9.89. The lowest BCUT2D eigenvalue weighted by Gasteiger charge is -2.14. The Bertz CT molecular complexity index is 2410. The number of rotatable bonds is 5. The van der Waals surface area contributed by atoms with Crippen molar-refractivity contribution >= 4 is 39.4 Å². The van der Waals surface area contributed by atoms with Gasteiger partial charge in [0.1, 0.15) is 11.2 Å². The Hall–Kier alpha value is -5.62. The van der Waals surface area contributed by atoms with E-state index in [4.69, 9.17) is 4.42 Å². The summed E-state index contributed by atoms with van der Waals surface area (Å²) in [6.07, 6.45) is 6.72. The van der Waals surface area contributed by atoms with E-state index in [0.29, 0.717) is 0 Å². The summed E-state index contributed by atoms with van der Waals surface area (Å²) in [5.74, 6) is 0. The van der Waals surface area contributed by atoms with Crippen molar-refractivity contribution in [2.75, 3.05) is 0 Å². The topological polar surface area (TPSA) is 13.1 Å². The third kappa shape index (κ3) is 4.48. The fourth-order valence-corrected chi connectivity index (χ4v) is 8.22. The van der Waals surface area contributed by atoms with Crippen molar-refractivity contribution in [1.82, 2.24) is 0 Å². The predicted molar refractivity (Wildman–Crippen MR) is 194 cm³/mol. The van der Waals surface area contributed by atoms with Crippen LogP contribution in [0.5, 0.6) is 0 Å². The van der Waals surface area contributed by atoms with Crippen LogP contribution in [-0.4, -0.2) is 0 Å². The van der Waals surface area contributed by atoms with Crippen LogP contribution in [0.15, 0.2) is 144 Å². The first-order valence-electron chi connectivity index (χ1n) is 15.7. The molecule has 1 aliphatic rings. The molecule has 0 amide bonds. The highest BCUT2D eigenvalue weighted by molar-refractivity contribution is 7.19. The van der Waals surface area contributed by atoms with Gasteiger partial charge in [0.15, 0.2) is 0 Å². The molecule has 2 aromatic heterocycles. The quantitative estimate of drug-likeness (QED) is 0.190. The van der Waals surface area contributed by atoms with Crippen LogP contribution in [-0.2, 0) is 6.42 Å². The molecule has 0 aliphatic heterocycles. The van der Waals surface area contributed by atoms with Gasteiger partial charge in [-0.05, 0) is 82.1 Å². The van der Waals surface area contributed by atoms with Crippen LogP contribution in [0.2, 0.25) is 0 Å². The van der Waals surface area contributed by atoms with E-state index in [1.165, 1.54) is 48.7 Å². The van der Waals surface area contributed by atoms with Gasteiger partial charge in [-0.2, -0.15) is 0 Å². The molecule has 0 saturated carbocycles. The predicted octanol–water partition coefficient (Wildman–Crippen LogP) is 12.5. The molecule has 0 bridgehead atoms. The number of allylic oxidation sites excluding steroid dienone is 1. The van der Waals surface area contributed by atoms with E-state index in [9.17, 15) is 0 Å². The van der Waals surface area contributed by atoms with E-state index in [1.54, 1.807) is 0 Å². The van der Waals surface area contributed by atoms with Crippen LogP contribution >= 0.6 is 11.3 Å². The molecule has 0 unspecified atom stereocenters. The third-order valence-corrected chi connectivity index (χ3v) is 10.4. The molecule has 1 nitrogen and oxygen atoms in total. The Morgan fingerprint density at radius 2 is 1.41 bits per heavy atom. The zero-order valence-corrected chi connectivity index (χ0v) is 25.9. The molecule has 0 N–H and O–H groups in total. The highest BCUT2D eigenvalue weighted by Crippen LogP contribution is 2.49. The molecule has 1 aliphatic carbocycles. The van der Waals surface area contributed by atoms with Crippen LogP contribution in [0, 0.1) is 12.1 Å². The molecule has 8 aromatic rings. The number of para-hydroxylation sites is 2. The number of benzene rings is 5. The summed E-state index contributed by atoms with van der Waals surface area (Å²) in [5.41, 5.74) is 14.0. The smallest absolute Gasteiger partial charge is 0.143 e. The maximum atomic E-state index is 6.48. The van der Waals surface area contributed by atoms with Crippen molar-refractivity contribution in [2.45, 2.75) is 12.8 Å². The van der Waals surface area contributed by atoms with Crippen LogP contribution < -0.4 is 0 Å². The maximum Gasteiger partial charge on any atom is 0.143 e. The SMILES string of the molecule is c1cccc(-c2ccc(-c3cccc4c3oc3ccccc34)cc2-c2sc(-c3cccc(-c4ccccc4)c3)c3c2CCC=C3)c#1. The van der Waals surface area contributed by atoms with Gasteiger partial charge < -0.3 is 4.42 Å². The summed E-state index contributed by atoms with van der Waals surface area (Å²) >= 11 is 1.91. The van der Waals surface area contributed by atoms with Crippen molar-refractivity contribution in [3.05, 3.63) is 163 Å². The second-order valence-corrected chi connectivity index (χ2v) is 12.8. The highest BCUT2D eigenvalue weighted by Gasteiger charge is 2.24. The van der Waals surface area contributed by atoms with Crippen molar-refractivity contribution in [3.63, 3.8) is 0 Å². The van der Waals surface area contributed by atoms with Crippen molar-refractivity contribution in [1.29, 1.82) is 0 Å². The molecule has 2 heterocycles. The second-order valence-electron chi connectivity index (χ2n) is 11.8. The molecule has 216 valence electrons. The Labute approximate surface area is 272 Å². The Morgan fingerprint density at radius 1 is 0.587 bits per heavy atom. The summed E-state index contributed by atoms with van der Waals surface area (Å²) in [4.78, 5) is 2.64. The molecule has 0 radical (unpaired) electrons. The van der Waals surface area contributed by atoms with Crippen molar-refractivity contribution in [2.24, 2.45) is 0 Å². The molecule has 0 fully saturated rings. The zero-order valence-electron chi connectivity index (χ0n) is 25.1. The largest absolute Gasteiger partial charge is 0.455 e. The average molecular weight is 605 g/mol. The number of hydrogen-bond acceptors (Lipinski definition) is 2. The molecule has 2 heteroatoms. The first-order chi connectivity index (χ1) is 22.8. The van der Waals surface area contributed by atoms with Gasteiger partial charge in [0.25, 0.3) is 0 Å². The monoisotopic (exact) mass is 604 g/mol. The number of thiophene rings is 1. The average Bonchev–Trinajstić information content (AvgIpc) is 3.71. The number of fused-ring (bicyclic) bond motifs is 4. The van der Waals surface area contributed by atoms with Gasteiger partial charge in [-0.3, -0.25) is 0 Å². The van der Waals surface area contributed by atoms with Crippen molar-refractivity contribution in [3.8, 4) is 54.3 Å². The molecule has 0 atom stereocenters. The second kappa shape index (κ2) is 11.1. The van der Waals surface area contributed by atoms with Crippen LogP contribution in [0.25, 0.3) is 82.3 Å². The number of furan rings is 1. The minimum atomic E-state index is 0.915. The lowest BCUT2D eigenvalue weighted by molar-refractivity contribution is 0.670. The Kier molecular flexibility index (Phi) is 6.44. The van der Waals surface area contributed by atoms with Gasteiger partial charge in [0.2, 0.25) is 0 Å². The van der Waals surface area contributed by atoms with Gasteiger partial charge in [-0.25, -0.2) is 0 Å². The minimum absolute atomic E-state index is 0.915. The maximum absolute atomic E-state index is 6.48. The molecule has 9 rings (SSSR count). The fraction of sp³-hybridized carbons (Fsp3) is 0.0455. The summed E-state index contributed by atoms with van der Waals surface area (Å²) in [6, 6.07) is 53.9. The van der Waals surface area contributed by atoms with E-state index in [1.807, 2.05) is 29.5 Å². The summed E-state index contributed by atoms with van der Waals surface area (Å²) in [6.45, 7) is 0. The first-order valence-corrected chi connectivity index (χ1v) is 16.6. The van der Waals surface area contributed by atoms with E-state index in [2.05, 4.69) is 140 Å². The summed E-state index contributed by atoms with van der Waals surface area (Å²) in [7, 11) is 0. The van der Waals surface area contributed by atoms with Gasteiger partial charge in [-0.1, -0.05) is 127 Å². The summed E-state index contributed by atoms with van der Waals surface area (Å²) in [5, 5.41) is 2.29. The van der Waals surface area contributed by atoms with Gasteiger partial charge in [0, 0.05) is 37.2 Å². The molecule has 0 saturated heterocycles. The Balaban J connectivity index is 1.26. The highest BCUT2D eigenvalue weighted by atomic mass is 32.1. The lowest BCUT2D eigenvalue weighted by Crippen LogP contribution is -1.94. The van der Waals surface area contributed by atoms with E-state index in [-0.39, 0.29) is 0 Å². The minimum Gasteiger partial charge on any atom is -0.455 e. The summed E-state index contributed by atoms with van der Waals surface area (Å²) < 4.78 is 6.48. The molecular formula is C44H28OS. The molecule has 46 heavy (non-hydrogen) atoms. The molecule has 0 spiro atoms. The van der Waals surface area contributed by atoms with Gasteiger partial charge in [0.05, 0.1) is 0 Å². The standard InChI is InChI=1S/C44H28OS/c1-3-13-29(14-4-1)31-17-11-18-33(27-31)43-38-20-7-8-21-39(38)44(46-43)40-28-32(25-26-34(40)30-15-5-2-6-16-30)35-22-12-23-37-36-19-9-10-24-41(36)45-42(35)37/h1-5,7,9-15,17-20,22-28H,8,21H2. The van der Waals surface area contributed by atoms with E-state index in [0.717, 1.165) is 51.5 Å². The third-order valence-electron chi connectivity index (χ3n) is 9.04. The molecular weight excluding hydrogens is 577 g/mol. The van der Waals surface area contributed by atoms with Crippen LogP contribution in [0.4, 0.5) is 0 Å².